The minimum Gasteiger partial charge on any atom is -0.497 e. The molecule has 0 amide bonds. The zero-order valence-corrected chi connectivity index (χ0v) is 9.65. The van der Waals surface area contributed by atoms with Crippen LogP contribution in [0.3, 0.4) is 0 Å². The van der Waals surface area contributed by atoms with Gasteiger partial charge in [0, 0.05) is 31.7 Å². The fraction of sp³-hybridized carbons (Fsp3) is 0.538. The smallest absolute Gasteiger partial charge is 0.118 e. The lowest BCUT2D eigenvalue weighted by Crippen LogP contribution is -2.42. The largest absolute Gasteiger partial charge is 0.497 e. The van der Waals surface area contributed by atoms with Crippen molar-refractivity contribution in [3.05, 3.63) is 29.8 Å². The Morgan fingerprint density at radius 2 is 2.19 bits per heavy atom. The van der Waals surface area contributed by atoms with E-state index in [9.17, 15) is 0 Å². The molecule has 0 radical (unpaired) electrons. The van der Waals surface area contributed by atoms with Crippen LogP contribution < -0.4 is 10.1 Å². The number of hydrogen-bond donors (Lipinski definition) is 1. The summed E-state index contributed by atoms with van der Waals surface area (Å²) in [4.78, 5) is 2.59. The molecule has 2 fully saturated rings. The summed E-state index contributed by atoms with van der Waals surface area (Å²) in [5, 5.41) is 3.53. The van der Waals surface area contributed by atoms with Crippen molar-refractivity contribution in [1.82, 2.24) is 10.2 Å². The molecule has 3 heteroatoms. The zero-order valence-electron chi connectivity index (χ0n) is 9.65. The van der Waals surface area contributed by atoms with E-state index in [4.69, 9.17) is 4.74 Å². The quantitative estimate of drug-likeness (QED) is 0.826. The molecule has 0 aliphatic carbocycles. The third kappa shape index (κ3) is 1.81. The van der Waals surface area contributed by atoms with Gasteiger partial charge in [-0.15, -0.1) is 0 Å². The first kappa shape index (κ1) is 10.1. The molecule has 2 saturated heterocycles. The van der Waals surface area contributed by atoms with E-state index in [0.717, 1.165) is 24.4 Å². The van der Waals surface area contributed by atoms with Crippen LogP contribution in [0.4, 0.5) is 0 Å². The molecule has 3 nitrogen and oxygen atoms in total. The fourth-order valence-electron chi connectivity index (χ4n) is 2.81. The molecule has 0 saturated carbocycles. The molecule has 1 aromatic rings. The second-order valence-corrected chi connectivity index (χ2v) is 4.77. The minimum absolute atomic E-state index is 0.739. The summed E-state index contributed by atoms with van der Waals surface area (Å²) in [6.45, 7) is 3.45. The first-order valence-corrected chi connectivity index (χ1v) is 5.95. The van der Waals surface area contributed by atoms with Gasteiger partial charge in [0.15, 0.2) is 0 Å². The second-order valence-electron chi connectivity index (χ2n) is 4.77. The van der Waals surface area contributed by atoms with Crippen molar-refractivity contribution in [2.24, 2.45) is 0 Å². The summed E-state index contributed by atoms with van der Waals surface area (Å²) < 4.78 is 5.16. The molecule has 2 atom stereocenters. The number of nitrogens with zero attached hydrogens (tertiary/aromatic N) is 1. The first-order chi connectivity index (χ1) is 7.85. The molecule has 1 aromatic carbocycles. The van der Waals surface area contributed by atoms with Gasteiger partial charge in [-0.2, -0.15) is 0 Å². The number of nitrogens with one attached hydrogen (secondary N) is 1. The number of fused-ring (bicyclic) bond motifs is 2. The maximum Gasteiger partial charge on any atom is 0.118 e. The van der Waals surface area contributed by atoms with Crippen molar-refractivity contribution >= 4 is 0 Å². The Bertz CT molecular complexity index is 363. The van der Waals surface area contributed by atoms with Crippen LogP contribution in [0.25, 0.3) is 0 Å². The maximum absolute atomic E-state index is 5.16. The normalized spacial score (nSPS) is 28.6. The van der Waals surface area contributed by atoms with Crippen LogP contribution >= 0.6 is 0 Å². The van der Waals surface area contributed by atoms with Crippen LogP contribution in [0.1, 0.15) is 12.0 Å². The lowest BCUT2D eigenvalue weighted by molar-refractivity contribution is 0.218. The zero-order chi connectivity index (χ0) is 11.0. The predicted molar refractivity (Wildman–Crippen MR) is 63.6 cm³/mol. The van der Waals surface area contributed by atoms with Gasteiger partial charge in [-0.05, 0) is 24.1 Å². The molecular weight excluding hydrogens is 200 g/mol. The highest BCUT2D eigenvalue weighted by molar-refractivity contribution is 5.27. The topological polar surface area (TPSA) is 24.5 Å². The average Bonchev–Trinajstić information content (AvgIpc) is 2.92. The SMILES string of the molecule is COc1ccc(CN2C[C@@H]3C[C@H]2CN3)cc1. The molecule has 2 aliphatic rings. The van der Waals surface area contributed by atoms with Gasteiger partial charge < -0.3 is 10.1 Å². The van der Waals surface area contributed by atoms with Crippen molar-refractivity contribution in [1.29, 1.82) is 0 Å². The molecule has 16 heavy (non-hydrogen) atoms. The van der Waals surface area contributed by atoms with Gasteiger partial charge in [-0.3, -0.25) is 4.90 Å². The number of ether oxygens (including phenoxy) is 1. The van der Waals surface area contributed by atoms with E-state index in [1.54, 1.807) is 7.11 Å². The van der Waals surface area contributed by atoms with Crippen LogP contribution in [0.2, 0.25) is 0 Å². The molecule has 2 heterocycles. The van der Waals surface area contributed by atoms with Crippen molar-refractivity contribution in [2.75, 3.05) is 20.2 Å². The Kier molecular flexibility index (Phi) is 2.58. The Labute approximate surface area is 96.4 Å². The van der Waals surface area contributed by atoms with E-state index in [1.165, 1.54) is 25.1 Å². The Morgan fingerprint density at radius 3 is 2.75 bits per heavy atom. The van der Waals surface area contributed by atoms with Gasteiger partial charge in [-0.1, -0.05) is 12.1 Å². The van der Waals surface area contributed by atoms with Crippen LogP contribution in [0, 0.1) is 0 Å². The van der Waals surface area contributed by atoms with E-state index >= 15 is 0 Å². The van der Waals surface area contributed by atoms with Crippen molar-refractivity contribution < 1.29 is 4.74 Å². The van der Waals surface area contributed by atoms with Gasteiger partial charge in [0.2, 0.25) is 0 Å². The molecule has 0 unspecified atom stereocenters. The highest BCUT2D eigenvalue weighted by Crippen LogP contribution is 2.25. The molecular formula is C13H18N2O. The molecule has 3 rings (SSSR count). The van der Waals surface area contributed by atoms with Gasteiger partial charge in [0.25, 0.3) is 0 Å². The van der Waals surface area contributed by atoms with E-state index in [0.29, 0.717) is 0 Å². The van der Waals surface area contributed by atoms with Gasteiger partial charge >= 0.3 is 0 Å². The number of rotatable bonds is 3. The van der Waals surface area contributed by atoms with Gasteiger partial charge in [0.05, 0.1) is 7.11 Å². The highest BCUT2D eigenvalue weighted by Gasteiger charge is 2.37. The van der Waals surface area contributed by atoms with E-state index in [-0.39, 0.29) is 0 Å². The number of methoxy groups -OCH3 is 1. The lowest BCUT2D eigenvalue weighted by Gasteiger charge is -2.27. The summed E-state index contributed by atoms with van der Waals surface area (Å²) in [7, 11) is 1.71. The fourth-order valence-corrected chi connectivity index (χ4v) is 2.81. The Balaban J connectivity index is 1.65. The number of piperazine rings is 1. The maximum atomic E-state index is 5.16. The summed E-state index contributed by atoms with van der Waals surface area (Å²) in [5.74, 6) is 0.938. The highest BCUT2D eigenvalue weighted by atomic mass is 16.5. The lowest BCUT2D eigenvalue weighted by atomic mass is 10.2. The standard InChI is InChI=1S/C13H18N2O/c1-16-13-4-2-10(3-5-13)8-15-9-11-6-12(15)7-14-11/h2-5,11-12,14H,6-9H2,1H3/t11-,12-/m0/s1. The monoisotopic (exact) mass is 218 g/mol. The summed E-state index contributed by atoms with van der Waals surface area (Å²) in [5.41, 5.74) is 1.38. The molecule has 86 valence electrons. The van der Waals surface area contributed by atoms with Crippen molar-refractivity contribution in [3.8, 4) is 5.75 Å². The van der Waals surface area contributed by atoms with Gasteiger partial charge in [-0.25, -0.2) is 0 Å². The van der Waals surface area contributed by atoms with E-state index < -0.39 is 0 Å². The number of benzene rings is 1. The first-order valence-electron chi connectivity index (χ1n) is 5.95. The van der Waals surface area contributed by atoms with E-state index in [2.05, 4.69) is 22.3 Å². The molecule has 0 spiro atoms. The summed E-state index contributed by atoms with van der Waals surface area (Å²) in [6.07, 6.45) is 1.33. The summed E-state index contributed by atoms with van der Waals surface area (Å²) >= 11 is 0. The average molecular weight is 218 g/mol. The van der Waals surface area contributed by atoms with E-state index in [1.807, 2.05) is 12.1 Å². The Morgan fingerprint density at radius 1 is 1.38 bits per heavy atom. The molecule has 2 bridgehead atoms. The van der Waals surface area contributed by atoms with Crippen LogP contribution in [0.15, 0.2) is 24.3 Å². The number of likely N-dealkylation sites (tertiary alicyclic amines) is 1. The number of hydrogen-bond acceptors (Lipinski definition) is 3. The third-order valence-electron chi connectivity index (χ3n) is 3.71. The van der Waals surface area contributed by atoms with Crippen LogP contribution in [-0.4, -0.2) is 37.2 Å². The van der Waals surface area contributed by atoms with Gasteiger partial charge in [0.1, 0.15) is 5.75 Å². The summed E-state index contributed by atoms with van der Waals surface area (Å²) in [6, 6.07) is 9.91. The predicted octanol–water partition coefficient (Wildman–Crippen LogP) is 1.24. The molecule has 2 aliphatic heterocycles. The second kappa shape index (κ2) is 4.07. The minimum atomic E-state index is 0.739. The van der Waals surface area contributed by atoms with Crippen molar-refractivity contribution in [3.63, 3.8) is 0 Å². The molecule has 1 N–H and O–H groups in total. The Hall–Kier alpha value is -1.06. The molecule has 0 aromatic heterocycles. The van der Waals surface area contributed by atoms with Crippen LogP contribution in [0.5, 0.6) is 5.75 Å². The third-order valence-corrected chi connectivity index (χ3v) is 3.71. The van der Waals surface area contributed by atoms with Crippen molar-refractivity contribution in [2.45, 2.75) is 25.0 Å². The van der Waals surface area contributed by atoms with Crippen LogP contribution in [-0.2, 0) is 6.54 Å².